The van der Waals surface area contributed by atoms with Gasteiger partial charge in [-0.15, -0.1) is 21.5 Å². The van der Waals surface area contributed by atoms with Gasteiger partial charge in [0.2, 0.25) is 0 Å². The fourth-order valence-electron chi connectivity index (χ4n) is 4.44. The lowest BCUT2D eigenvalue weighted by Crippen LogP contribution is -2.29. The summed E-state index contributed by atoms with van der Waals surface area (Å²) in [7, 11) is 0. The fraction of sp³-hybridized carbons (Fsp3) is 0.0938. The van der Waals surface area contributed by atoms with Crippen LogP contribution in [0.1, 0.15) is 38.2 Å². The second-order valence-corrected chi connectivity index (χ2v) is 11.2. The van der Waals surface area contributed by atoms with Crippen LogP contribution in [0.15, 0.2) is 120 Å². The lowest BCUT2D eigenvalue weighted by Gasteiger charge is -2.19. The van der Waals surface area contributed by atoms with Gasteiger partial charge in [0.15, 0.2) is 11.0 Å². The molecule has 0 fully saturated rings. The van der Waals surface area contributed by atoms with Gasteiger partial charge in [-0.1, -0.05) is 90.1 Å². The summed E-state index contributed by atoms with van der Waals surface area (Å²) in [6, 6.07) is 31.8. The summed E-state index contributed by atoms with van der Waals surface area (Å²) in [5.41, 5.74) is 5.51. The van der Waals surface area contributed by atoms with Crippen molar-refractivity contribution in [3.63, 3.8) is 0 Å². The van der Waals surface area contributed by atoms with Gasteiger partial charge in [0, 0.05) is 29.0 Å². The molecule has 9 heteroatoms. The van der Waals surface area contributed by atoms with Crippen molar-refractivity contribution >= 4 is 29.0 Å². The number of nitrogens with one attached hydrogen (secondary N) is 1. The molecule has 7 nitrogen and oxygen atoms in total. The third-order valence-electron chi connectivity index (χ3n) is 6.51. The highest BCUT2D eigenvalue weighted by molar-refractivity contribution is 7.98. The van der Waals surface area contributed by atoms with E-state index in [0.717, 1.165) is 38.4 Å². The van der Waals surface area contributed by atoms with Crippen molar-refractivity contribution in [2.24, 2.45) is 0 Å². The Morgan fingerprint density at radius 3 is 2.20 bits per heavy atom. The number of carbonyl (C=O) groups excluding carboxylic acids is 1. The fourth-order valence-corrected chi connectivity index (χ4v) is 6.18. The molecule has 0 saturated carbocycles. The summed E-state index contributed by atoms with van der Waals surface area (Å²) >= 11 is 3.00. The maximum atomic E-state index is 13.3. The smallest absolute Gasteiger partial charge is 0.271 e. The standard InChI is InChI=1S/C32H26N6OS2/c1-22-12-14-26(15-13-22)38-30(25-16-18-33-19-17-25)36-37-32(38)41-21-28-34-27(20-40-28)31(39)35-29(23-8-4-2-5-9-23)24-10-6-3-7-11-24/h2-20,29H,21H2,1H3,(H,35,39). The number of carbonyl (C=O) groups is 1. The Bertz CT molecular complexity index is 1700. The number of hydrogen-bond donors (Lipinski definition) is 1. The first-order chi connectivity index (χ1) is 20.2. The quantitative estimate of drug-likeness (QED) is 0.189. The molecule has 3 heterocycles. The molecule has 3 aromatic heterocycles. The third kappa shape index (κ3) is 6.11. The highest BCUT2D eigenvalue weighted by atomic mass is 32.2. The van der Waals surface area contributed by atoms with Gasteiger partial charge in [-0.3, -0.25) is 14.3 Å². The van der Waals surface area contributed by atoms with Gasteiger partial charge in [0.25, 0.3) is 5.91 Å². The summed E-state index contributed by atoms with van der Waals surface area (Å²) in [5, 5.41) is 15.6. The molecule has 1 N–H and O–H groups in total. The van der Waals surface area contributed by atoms with Crippen LogP contribution in [0, 0.1) is 6.92 Å². The van der Waals surface area contributed by atoms with Crippen LogP contribution >= 0.6 is 23.1 Å². The molecular weight excluding hydrogens is 549 g/mol. The Morgan fingerprint density at radius 1 is 0.878 bits per heavy atom. The van der Waals surface area contributed by atoms with Gasteiger partial charge in [-0.2, -0.15) is 0 Å². The topological polar surface area (TPSA) is 85.6 Å². The van der Waals surface area contributed by atoms with Gasteiger partial charge in [-0.25, -0.2) is 4.98 Å². The van der Waals surface area contributed by atoms with Crippen molar-refractivity contribution in [2.75, 3.05) is 0 Å². The first-order valence-electron chi connectivity index (χ1n) is 13.1. The predicted octanol–water partition coefficient (Wildman–Crippen LogP) is 6.91. The van der Waals surface area contributed by atoms with Crippen LogP contribution in [-0.4, -0.2) is 30.6 Å². The Morgan fingerprint density at radius 2 is 1.54 bits per heavy atom. The molecule has 0 unspecified atom stereocenters. The summed E-state index contributed by atoms with van der Waals surface area (Å²) in [5.74, 6) is 1.09. The van der Waals surface area contributed by atoms with E-state index in [2.05, 4.69) is 56.7 Å². The molecule has 0 aliphatic rings. The van der Waals surface area contributed by atoms with E-state index in [1.54, 1.807) is 12.4 Å². The number of aromatic nitrogens is 5. The van der Waals surface area contributed by atoms with Gasteiger partial charge in [0.1, 0.15) is 10.7 Å². The molecular formula is C32H26N6OS2. The van der Waals surface area contributed by atoms with E-state index in [1.165, 1.54) is 28.7 Å². The lowest BCUT2D eigenvalue weighted by molar-refractivity contribution is 0.0938. The largest absolute Gasteiger partial charge is 0.340 e. The van der Waals surface area contributed by atoms with E-state index >= 15 is 0 Å². The number of amides is 1. The summed E-state index contributed by atoms with van der Waals surface area (Å²) in [6.07, 6.45) is 3.50. The Kier molecular flexibility index (Phi) is 7.97. The van der Waals surface area contributed by atoms with Crippen LogP contribution in [-0.2, 0) is 5.75 Å². The number of thioether (sulfide) groups is 1. The van der Waals surface area contributed by atoms with E-state index in [1.807, 2.05) is 82.7 Å². The second-order valence-electron chi connectivity index (χ2n) is 9.36. The third-order valence-corrected chi connectivity index (χ3v) is 8.49. The minimum atomic E-state index is -0.274. The minimum Gasteiger partial charge on any atom is -0.340 e. The zero-order valence-corrected chi connectivity index (χ0v) is 23.8. The Labute approximate surface area is 246 Å². The van der Waals surface area contributed by atoms with Crippen LogP contribution in [0.5, 0.6) is 0 Å². The van der Waals surface area contributed by atoms with E-state index in [4.69, 9.17) is 0 Å². The average Bonchev–Trinajstić information content (AvgIpc) is 3.68. The molecule has 0 aliphatic heterocycles. The van der Waals surface area contributed by atoms with Crippen molar-refractivity contribution in [2.45, 2.75) is 23.9 Å². The SMILES string of the molecule is Cc1ccc(-n2c(SCc3nc(C(=O)NC(c4ccccc4)c4ccccc4)cs3)nnc2-c2ccncc2)cc1. The van der Waals surface area contributed by atoms with Crippen LogP contribution in [0.25, 0.3) is 17.1 Å². The number of nitrogens with zero attached hydrogens (tertiary/aromatic N) is 5. The van der Waals surface area contributed by atoms with Gasteiger partial charge < -0.3 is 5.32 Å². The number of aryl methyl sites for hydroxylation is 1. The molecule has 3 aromatic carbocycles. The average molecular weight is 575 g/mol. The van der Waals surface area contributed by atoms with Crippen molar-refractivity contribution < 1.29 is 4.79 Å². The zero-order valence-electron chi connectivity index (χ0n) is 22.2. The minimum absolute atomic E-state index is 0.210. The lowest BCUT2D eigenvalue weighted by atomic mass is 9.98. The molecule has 6 aromatic rings. The molecule has 41 heavy (non-hydrogen) atoms. The number of thiazole rings is 1. The van der Waals surface area contributed by atoms with Gasteiger partial charge in [-0.05, 0) is 42.3 Å². The van der Waals surface area contributed by atoms with Crippen molar-refractivity contribution in [3.8, 4) is 17.1 Å². The zero-order chi connectivity index (χ0) is 28.0. The number of rotatable bonds is 9. The maximum absolute atomic E-state index is 13.3. The number of hydrogen-bond acceptors (Lipinski definition) is 7. The van der Waals surface area contributed by atoms with Crippen LogP contribution in [0.3, 0.4) is 0 Å². The Balaban J connectivity index is 1.21. The van der Waals surface area contributed by atoms with Crippen molar-refractivity contribution in [3.05, 3.63) is 142 Å². The molecule has 0 atom stereocenters. The highest BCUT2D eigenvalue weighted by Gasteiger charge is 2.21. The van der Waals surface area contributed by atoms with Crippen LogP contribution in [0.2, 0.25) is 0 Å². The molecule has 0 aliphatic carbocycles. The van der Waals surface area contributed by atoms with Crippen molar-refractivity contribution in [1.29, 1.82) is 0 Å². The predicted molar refractivity (Wildman–Crippen MR) is 163 cm³/mol. The Hall–Kier alpha value is -4.60. The summed E-state index contributed by atoms with van der Waals surface area (Å²) in [6.45, 7) is 2.06. The first kappa shape index (κ1) is 26.6. The number of pyridine rings is 1. The molecule has 202 valence electrons. The van der Waals surface area contributed by atoms with Crippen LogP contribution < -0.4 is 5.32 Å². The van der Waals surface area contributed by atoms with Gasteiger partial charge in [0.05, 0.1) is 11.8 Å². The molecule has 0 spiro atoms. The molecule has 1 amide bonds. The van der Waals surface area contributed by atoms with Gasteiger partial charge >= 0.3 is 0 Å². The molecule has 0 bridgehead atoms. The normalized spacial score (nSPS) is 11.1. The molecule has 0 radical (unpaired) electrons. The first-order valence-corrected chi connectivity index (χ1v) is 14.9. The van der Waals surface area contributed by atoms with E-state index in [9.17, 15) is 4.79 Å². The summed E-state index contributed by atoms with van der Waals surface area (Å²) in [4.78, 5) is 22.1. The summed E-state index contributed by atoms with van der Waals surface area (Å²) < 4.78 is 2.05. The molecule has 0 saturated heterocycles. The highest BCUT2D eigenvalue weighted by Crippen LogP contribution is 2.31. The maximum Gasteiger partial charge on any atom is 0.271 e. The number of benzene rings is 3. The van der Waals surface area contributed by atoms with E-state index in [-0.39, 0.29) is 11.9 Å². The van der Waals surface area contributed by atoms with Crippen molar-refractivity contribution in [1.82, 2.24) is 30.0 Å². The molecule has 6 rings (SSSR count). The second kappa shape index (κ2) is 12.3. The van der Waals surface area contributed by atoms with Crippen LogP contribution in [0.4, 0.5) is 0 Å². The van der Waals surface area contributed by atoms with E-state index in [0.29, 0.717) is 11.4 Å². The monoisotopic (exact) mass is 574 g/mol. The van der Waals surface area contributed by atoms with E-state index < -0.39 is 0 Å².